The van der Waals surface area contributed by atoms with Crippen LogP contribution in [0.25, 0.3) is 5.69 Å². The lowest BCUT2D eigenvalue weighted by Gasteiger charge is -2.20. The molecule has 1 aromatic heterocycles. The molecule has 1 aliphatic heterocycles. The van der Waals surface area contributed by atoms with Crippen LogP contribution in [0.4, 0.5) is 10.2 Å². The second kappa shape index (κ2) is 6.34. The Labute approximate surface area is 136 Å². The van der Waals surface area contributed by atoms with Crippen molar-refractivity contribution in [3.63, 3.8) is 0 Å². The molecule has 1 fully saturated rings. The molecule has 0 amide bonds. The van der Waals surface area contributed by atoms with Gasteiger partial charge in [0.25, 0.3) is 0 Å². The molecule has 4 heteroatoms. The van der Waals surface area contributed by atoms with E-state index in [0.29, 0.717) is 11.6 Å². The molecule has 2 aliphatic rings. The summed E-state index contributed by atoms with van der Waals surface area (Å²) < 4.78 is 16.1. The molecule has 4 rings (SSSR count). The normalized spacial score (nSPS) is 19.0. The van der Waals surface area contributed by atoms with Gasteiger partial charge in [-0.15, -0.1) is 0 Å². The fourth-order valence-electron chi connectivity index (χ4n) is 4.03. The molecule has 0 bridgehead atoms. The average molecular weight is 313 g/mol. The molecule has 0 radical (unpaired) electrons. The second-order valence-corrected chi connectivity index (χ2v) is 6.79. The first-order valence-corrected chi connectivity index (χ1v) is 8.95. The van der Waals surface area contributed by atoms with Crippen molar-refractivity contribution >= 4 is 5.82 Å². The van der Waals surface area contributed by atoms with Crippen LogP contribution in [-0.2, 0) is 6.42 Å². The van der Waals surface area contributed by atoms with Crippen LogP contribution >= 0.6 is 0 Å². The SMILES string of the molecule is Fc1ccccc1-n1nc(C2CCCCC2)c2c1NCCCC2. The van der Waals surface area contributed by atoms with E-state index in [2.05, 4.69) is 5.32 Å². The Hall–Kier alpha value is -1.84. The maximum Gasteiger partial charge on any atom is 0.148 e. The number of fused-ring (bicyclic) bond motifs is 1. The van der Waals surface area contributed by atoms with Gasteiger partial charge in [-0.25, -0.2) is 9.07 Å². The van der Waals surface area contributed by atoms with Crippen molar-refractivity contribution in [1.29, 1.82) is 0 Å². The number of hydrogen-bond acceptors (Lipinski definition) is 2. The minimum atomic E-state index is -0.209. The van der Waals surface area contributed by atoms with E-state index in [1.807, 2.05) is 16.8 Å². The highest BCUT2D eigenvalue weighted by Crippen LogP contribution is 2.38. The van der Waals surface area contributed by atoms with E-state index in [1.54, 1.807) is 6.07 Å². The molecule has 1 N–H and O–H groups in total. The van der Waals surface area contributed by atoms with E-state index in [1.165, 1.54) is 55.8 Å². The number of anilines is 1. The monoisotopic (exact) mass is 313 g/mol. The number of aromatic nitrogens is 2. The minimum absolute atomic E-state index is 0.209. The van der Waals surface area contributed by atoms with Crippen LogP contribution in [0.2, 0.25) is 0 Å². The van der Waals surface area contributed by atoms with Gasteiger partial charge in [0.15, 0.2) is 0 Å². The van der Waals surface area contributed by atoms with Crippen LogP contribution in [0, 0.1) is 5.82 Å². The van der Waals surface area contributed by atoms with Gasteiger partial charge in [-0.1, -0.05) is 31.4 Å². The lowest BCUT2D eigenvalue weighted by Crippen LogP contribution is -2.09. The maximum absolute atomic E-state index is 14.3. The number of nitrogens with one attached hydrogen (secondary N) is 1. The Kier molecular flexibility index (Phi) is 4.06. The van der Waals surface area contributed by atoms with Crippen LogP contribution < -0.4 is 5.32 Å². The summed E-state index contributed by atoms with van der Waals surface area (Å²) in [5, 5.41) is 8.42. The summed E-state index contributed by atoms with van der Waals surface area (Å²) in [6, 6.07) is 6.94. The fraction of sp³-hybridized carbons (Fsp3) is 0.526. The van der Waals surface area contributed by atoms with Crippen LogP contribution in [0.3, 0.4) is 0 Å². The highest BCUT2D eigenvalue weighted by atomic mass is 19.1. The van der Waals surface area contributed by atoms with Crippen molar-refractivity contribution in [3.8, 4) is 5.69 Å². The highest BCUT2D eigenvalue weighted by molar-refractivity contribution is 5.55. The van der Waals surface area contributed by atoms with Gasteiger partial charge in [0, 0.05) is 18.0 Å². The molecule has 0 spiro atoms. The highest BCUT2D eigenvalue weighted by Gasteiger charge is 2.27. The Morgan fingerprint density at radius 3 is 2.70 bits per heavy atom. The number of para-hydroxylation sites is 1. The summed E-state index contributed by atoms with van der Waals surface area (Å²) >= 11 is 0. The molecule has 2 heterocycles. The first-order valence-electron chi connectivity index (χ1n) is 8.95. The summed E-state index contributed by atoms with van der Waals surface area (Å²) in [7, 11) is 0. The van der Waals surface area contributed by atoms with Gasteiger partial charge in [-0.3, -0.25) is 0 Å². The molecule has 1 aromatic carbocycles. The molecule has 122 valence electrons. The number of benzene rings is 1. The lowest BCUT2D eigenvalue weighted by molar-refractivity contribution is 0.432. The number of rotatable bonds is 2. The zero-order valence-electron chi connectivity index (χ0n) is 13.5. The Morgan fingerprint density at radius 2 is 1.87 bits per heavy atom. The second-order valence-electron chi connectivity index (χ2n) is 6.79. The van der Waals surface area contributed by atoms with E-state index >= 15 is 0 Å². The topological polar surface area (TPSA) is 29.9 Å². The minimum Gasteiger partial charge on any atom is -0.370 e. The Bertz CT molecular complexity index is 686. The fourth-order valence-corrected chi connectivity index (χ4v) is 4.03. The predicted octanol–water partition coefficient (Wildman–Crippen LogP) is 4.81. The Morgan fingerprint density at radius 1 is 1.04 bits per heavy atom. The summed E-state index contributed by atoms with van der Waals surface area (Å²) in [4.78, 5) is 0. The smallest absolute Gasteiger partial charge is 0.148 e. The van der Waals surface area contributed by atoms with Gasteiger partial charge >= 0.3 is 0 Å². The van der Waals surface area contributed by atoms with Gasteiger partial charge in [-0.05, 0) is 44.2 Å². The van der Waals surface area contributed by atoms with E-state index in [0.717, 1.165) is 25.2 Å². The van der Waals surface area contributed by atoms with Gasteiger partial charge in [0.1, 0.15) is 17.3 Å². The van der Waals surface area contributed by atoms with Crippen molar-refractivity contribution in [2.75, 3.05) is 11.9 Å². The third-order valence-corrected chi connectivity index (χ3v) is 5.23. The lowest BCUT2D eigenvalue weighted by atomic mass is 9.85. The van der Waals surface area contributed by atoms with Crippen molar-refractivity contribution in [1.82, 2.24) is 9.78 Å². The summed E-state index contributed by atoms with van der Waals surface area (Å²) in [5.41, 5.74) is 3.11. The molecule has 2 aromatic rings. The summed E-state index contributed by atoms with van der Waals surface area (Å²) in [5.74, 6) is 1.36. The van der Waals surface area contributed by atoms with Gasteiger partial charge in [0.2, 0.25) is 0 Å². The standard InChI is InChI=1S/C19H24FN3/c20-16-11-4-5-12-17(16)23-19-15(10-6-7-13-21-19)18(22-23)14-8-2-1-3-9-14/h4-5,11-12,14,21H,1-3,6-10,13H2. The molecule has 0 unspecified atom stereocenters. The van der Waals surface area contributed by atoms with Crippen molar-refractivity contribution < 1.29 is 4.39 Å². The molecular weight excluding hydrogens is 289 g/mol. The Balaban J connectivity index is 1.83. The zero-order chi connectivity index (χ0) is 15.6. The molecular formula is C19H24FN3. The van der Waals surface area contributed by atoms with Crippen molar-refractivity contribution in [2.24, 2.45) is 0 Å². The number of hydrogen-bond donors (Lipinski definition) is 1. The van der Waals surface area contributed by atoms with E-state index in [9.17, 15) is 4.39 Å². The molecule has 3 nitrogen and oxygen atoms in total. The molecule has 1 saturated carbocycles. The third-order valence-electron chi connectivity index (χ3n) is 5.23. The molecule has 0 saturated heterocycles. The van der Waals surface area contributed by atoms with Crippen molar-refractivity contribution in [3.05, 3.63) is 41.3 Å². The van der Waals surface area contributed by atoms with Crippen LogP contribution in [-0.4, -0.2) is 16.3 Å². The van der Waals surface area contributed by atoms with Gasteiger partial charge in [-0.2, -0.15) is 5.10 Å². The quantitative estimate of drug-likeness (QED) is 0.862. The maximum atomic E-state index is 14.3. The van der Waals surface area contributed by atoms with Crippen molar-refractivity contribution in [2.45, 2.75) is 57.3 Å². The van der Waals surface area contributed by atoms with Gasteiger partial charge < -0.3 is 5.32 Å². The van der Waals surface area contributed by atoms with Crippen LogP contribution in [0.1, 0.15) is 62.1 Å². The molecule has 1 aliphatic carbocycles. The largest absolute Gasteiger partial charge is 0.370 e. The first kappa shape index (κ1) is 14.7. The average Bonchev–Trinajstić information content (AvgIpc) is 2.78. The van der Waals surface area contributed by atoms with Gasteiger partial charge in [0.05, 0.1) is 5.69 Å². The zero-order valence-corrected chi connectivity index (χ0v) is 13.5. The van der Waals surface area contributed by atoms with Crippen LogP contribution in [0.5, 0.6) is 0 Å². The van der Waals surface area contributed by atoms with E-state index < -0.39 is 0 Å². The van der Waals surface area contributed by atoms with E-state index in [-0.39, 0.29) is 5.82 Å². The number of halogens is 1. The summed E-state index contributed by atoms with van der Waals surface area (Å²) in [6.07, 6.45) is 9.77. The first-order chi connectivity index (χ1) is 11.3. The molecule has 0 atom stereocenters. The van der Waals surface area contributed by atoms with Crippen LogP contribution in [0.15, 0.2) is 24.3 Å². The predicted molar refractivity (Wildman–Crippen MR) is 90.8 cm³/mol. The number of nitrogens with zero attached hydrogens (tertiary/aromatic N) is 2. The summed E-state index contributed by atoms with van der Waals surface area (Å²) in [6.45, 7) is 0.942. The third kappa shape index (κ3) is 2.75. The van der Waals surface area contributed by atoms with E-state index in [4.69, 9.17) is 5.10 Å². The molecule has 23 heavy (non-hydrogen) atoms.